The van der Waals surface area contributed by atoms with Gasteiger partial charge < -0.3 is 18.9 Å². The smallest absolute Gasteiger partial charge is 0.434 e. The minimum Gasteiger partial charge on any atom is -0.434 e. The van der Waals surface area contributed by atoms with Crippen molar-refractivity contribution in [1.29, 1.82) is 0 Å². The van der Waals surface area contributed by atoms with Crippen LogP contribution < -0.4 is 9.47 Å². The molecule has 0 amide bonds. The monoisotopic (exact) mass is 614 g/mol. The normalized spacial score (nSPS) is 11.3. The highest BCUT2D eigenvalue weighted by molar-refractivity contribution is 6.27. The highest BCUT2D eigenvalue weighted by Gasteiger charge is 2.25. The van der Waals surface area contributed by atoms with Crippen molar-refractivity contribution in [2.24, 2.45) is 0 Å². The molecule has 0 aliphatic heterocycles. The Morgan fingerprint density at radius 3 is 1.26 bits per heavy atom. The number of ether oxygens (including phenoxy) is 4. The summed E-state index contributed by atoms with van der Waals surface area (Å²) in [7, 11) is 0. The first-order chi connectivity index (χ1) is 22.4. The van der Waals surface area contributed by atoms with Gasteiger partial charge in [-0.3, -0.25) is 0 Å². The highest BCUT2D eigenvalue weighted by Crippen LogP contribution is 2.51. The van der Waals surface area contributed by atoms with Crippen LogP contribution in [0.25, 0.3) is 54.2 Å². The van der Waals surface area contributed by atoms with Crippen LogP contribution in [0.1, 0.15) is 50.7 Å². The van der Waals surface area contributed by atoms with Gasteiger partial charge in [-0.15, -0.1) is 0 Å². The minimum absolute atomic E-state index is 0.306. The molecule has 0 radical (unpaired) electrons. The van der Waals surface area contributed by atoms with Gasteiger partial charge in [0.15, 0.2) is 0 Å². The number of rotatable bonds is 9. The molecule has 0 heterocycles. The summed E-state index contributed by atoms with van der Waals surface area (Å²) in [6, 6.07) is 28.1. The molecule has 0 N–H and O–H groups in total. The number of fused-ring (bicyclic) bond motifs is 4. The second kappa shape index (κ2) is 13.5. The largest absolute Gasteiger partial charge is 0.513 e. The van der Waals surface area contributed by atoms with Crippen molar-refractivity contribution in [2.75, 3.05) is 13.2 Å². The van der Waals surface area contributed by atoms with Gasteiger partial charge >= 0.3 is 12.3 Å². The molecule has 0 fully saturated rings. The van der Waals surface area contributed by atoms with E-state index in [1.165, 1.54) is 0 Å². The van der Waals surface area contributed by atoms with Crippen molar-refractivity contribution in [3.8, 4) is 22.6 Å². The van der Waals surface area contributed by atoms with Crippen molar-refractivity contribution < 1.29 is 28.5 Å². The highest BCUT2D eigenvalue weighted by atomic mass is 16.7. The van der Waals surface area contributed by atoms with Gasteiger partial charge in [0.25, 0.3) is 0 Å². The van der Waals surface area contributed by atoms with E-state index in [0.29, 0.717) is 24.7 Å². The molecule has 0 atom stereocenters. The molecule has 0 spiro atoms. The topological polar surface area (TPSA) is 71.1 Å². The molecule has 46 heavy (non-hydrogen) atoms. The van der Waals surface area contributed by atoms with Gasteiger partial charge in [-0.1, -0.05) is 112 Å². The summed E-state index contributed by atoms with van der Waals surface area (Å²) in [5.41, 5.74) is 4.10. The first-order valence-electron chi connectivity index (χ1n) is 16.0. The molecule has 0 bridgehead atoms. The quantitative estimate of drug-likeness (QED) is 0.0698. The summed E-state index contributed by atoms with van der Waals surface area (Å²) in [6.07, 6.45) is 1.94. The Morgan fingerprint density at radius 2 is 0.870 bits per heavy atom. The van der Waals surface area contributed by atoms with Crippen molar-refractivity contribution in [3.05, 3.63) is 96.1 Å². The SMILES string of the molecule is CCCCOC(=O)Oc1c2ccccc2c(-c2c3ccccc3c(OC(=O)OCCCC)c3cccc(C)c23)c2c(C)cccc12. The van der Waals surface area contributed by atoms with Crippen LogP contribution in [0.2, 0.25) is 0 Å². The Balaban J connectivity index is 1.69. The lowest BCUT2D eigenvalue weighted by Crippen LogP contribution is -2.12. The van der Waals surface area contributed by atoms with Gasteiger partial charge in [-0.25, -0.2) is 9.59 Å². The van der Waals surface area contributed by atoms with E-state index in [2.05, 4.69) is 38.1 Å². The Morgan fingerprint density at radius 1 is 0.500 bits per heavy atom. The van der Waals surface area contributed by atoms with E-state index < -0.39 is 12.3 Å². The maximum Gasteiger partial charge on any atom is 0.513 e. The lowest BCUT2D eigenvalue weighted by Gasteiger charge is -2.22. The van der Waals surface area contributed by atoms with Gasteiger partial charge in [0, 0.05) is 21.5 Å². The fraction of sp³-hybridized carbons (Fsp3) is 0.250. The number of hydrogen-bond acceptors (Lipinski definition) is 6. The first-order valence-corrected chi connectivity index (χ1v) is 16.0. The summed E-state index contributed by atoms with van der Waals surface area (Å²) in [4.78, 5) is 25.8. The average molecular weight is 615 g/mol. The minimum atomic E-state index is -0.715. The molecule has 6 nitrogen and oxygen atoms in total. The molecule has 0 saturated heterocycles. The summed E-state index contributed by atoms with van der Waals surface area (Å²) in [5, 5.41) is 7.03. The van der Waals surface area contributed by atoms with Gasteiger partial charge in [0.05, 0.1) is 13.2 Å². The summed E-state index contributed by atoms with van der Waals surface area (Å²) < 4.78 is 22.9. The molecule has 6 heteroatoms. The van der Waals surface area contributed by atoms with Gasteiger partial charge in [-0.2, -0.15) is 0 Å². The molecule has 0 saturated carbocycles. The van der Waals surface area contributed by atoms with Gasteiger partial charge in [0.1, 0.15) is 11.5 Å². The summed E-state index contributed by atoms with van der Waals surface area (Å²) in [5.74, 6) is 0.944. The van der Waals surface area contributed by atoms with E-state index in [0.717, 1.165) is 91.0 Å². The maximum absolute atomic E-state index is 12.9. The zero-order valence-electron chi connectivity index (χ0n) is 26.8. The van der Waals surface area contributed by atoms with E-state index in [1.807, 2.05) is 74.5 Å². The van der Waals surface area contributed by atoms with E-state index in [-0.39, 0.29) is 0 Å². The predicted molar refractivity (Wildman–Crippen MR) is 185 cm³/mol. The Hall–Kier alpha value is -5.10. The Kier molecular flexibility index (Phi) is 9.06. The molecular weight excluding hydrogens is 576 g/mol. The average Bonchev–Trinajstić information content (AvgIpc) is 3.06. The van der Waals surface area contributed by atoms with E-state index in [1.54, 1.807) is 0 Å². The number of aryl methyl sites for hydroxylation is 2. The first kappa shape index (κ1) is 30.9. The molecule has 0 aliphatic carbocycles. The van der Waals surface area contributed by atoms with Crippen molar-refractivity contribution >= 4 is 55.4 Å². The zero-order valence-corrected chi connectivity index (χ0v) is 26.8. The van der Waals surface area contributed by atoms with Crippen LogP contribution in [0.5, 0.6) is 11.5 Å². The van der Waals surface area contributed by atoms with Crippen molar-refractivity contribution in [3.63, 3.8) is 0 Å². The van der Waals surface area contributed by atoms with E-state index >= 15 is 0 Å². The third-order valence-corrected chi connectivity index (χ3v) is 8.47. The summed E-state index contributed by atoms with van der Waals surface area (Å²) >= 11 is 0. The Bertz CT molecular complexity index is 1940. The number of unbranched alkanes of at least 4 members (excludes halogenated alkanes) is 2. The van der Waals surface area contributed by atoms with Crippen LogP contribution in [-0.4, -0.2) is 25.5 Å². The van der Waals surface area contributed by atoms with Gasteiger partial charge in [-0.05, 0) is 70.5 Å². The van der Waals surface area contributed by atoms with Crippen LogP contribution in [0, 0.1) is 13.8 Å². The maximum atomic E-state index is 12.9. The molecule has 6 aromatic rings. The number of hydrogen-bond donors (Lipinski definition) is 0. The molecule has 0 unspecified atom stereocenters. The molecule has 6 rings (SSSR count). The Labute approximate surface area is 268 Å². The number of carbonyl (C=O) groups is 2. The van der Waals surface area contributed by atoms with Crippen LogP contribution in [-0.2, 0) is 9.47 Å². The lowest BCUT2D eigenvalue weighted by molar-refractivity contribution is 0.0977. The van der Waals surface area contributed by atoms with Crippen LogP contribution in [0.15, 0.2) is 84.9 Å². The fourth-order valence-corrected chi connectivity index (χ4v) is 6.30. The van der Waals surface area contributed by atoms with Crippen molar-refractivity contribution in [2.45, 2.75) is 53.4 Å². The third-order valence-electron chi connectivity index (χ3n) is 8.47. The van der Waals surface area contributed by atoms with Crippen LogP contribution in [0.4, 0.5) is 9.59 Å². The van der Waals surface area contributed by atoms with Crippen molar-refractivity contribution in [1.82, 2.24) is 0 Å². The van der Waals surface area contributed by atoms with E-state index in [9.17, 15) is 9.59 Å². The fourth-order valence-electron chi connectivity index (χ4n) is 6.30. The third kappa shape index (κ3) is 5.71. The molecule has 6 aromatic carbocycles. The lowest BCUT2D eigenvalue weighted by atomic mass is 9.83. The molecule has 0 aromatic heterocycles. The zero-order chi connectivity index (χ0) is 32.2. The number of carbonyl (C=O) groups excluding carboxylic acids is 2. The summed E-state index contributed by atoms with van der Waals surface area (Å²) in [6.45, 7) is 8.85. The molecule has 234 valence electrons. The van der Waals surface area contributed by atoms with Crippen LogP contribution >= 0.6 is 0 Å². The number of benzene rings is 6. The second-order valence-electron chi connectivity index (χ2n) is 11.6. The standard InChI is InChI=1S/C40H38O6/c1-5-7-23-43-39(41)45-37-29-19-11-9-17-27(29)35(33-25(3)15-13-21-31(33)37)36-28-18-10-12-20-30(28)38(46-40(42)44-24-8-6-2)32-22-14-16-26(4)34(32)36/h9-22H,5-8,23-24H2,1-4H3. The second-order valence-corrected chi connectivity index (χ2v) is 11.6. The molecule has 0 aliphatic rings. The van der Waals surface area contributed by atoms with Crippen LogP contribution in [0.3, 0.4) is 0 Å². The predicted octanol–water partition coefficient (Wildman–Crippen LogP) is 11.2. The van der Waals surface area contributed by atoms with E-state index in [4.69, 9.17) is 18.9 Å². The molecular formula is C40H38O6. The van der Waals surface area contributed by atoms with Gasteiger partial charge in [0.2, 0.25) is 0 Å².